The van der Waals surface area contributed by atoms with Gasteiger partial charge >= 0.3 is 0 Å². The fourth-order valence-corrected chi connectivity index (χ4v) is 2.31. The summed E-state index contributed by atoms with van der Waals surface area (Å²) in [6.45, 7) is 0.263. The number of hydrogen-bond donors (Lipinski definition) is 1. The standard InChI is InChI=1S/C15H12Cl3NO2/c16-11-3-1-2-10(6-11)8-19-15(20)9-21-14-5-4-12(17)7-13(14)18/h1-7H,8-9H2,(H,19,20). The lowest BCUT2D eigenvalue weighted by Gasteiger charge is -2.09. The summed E-state index contributed by atoms with van der Waals surface area (Å²) in [5.74, 6) is 0.167. The van der Waals surface area contributed by atoms with E-state index in [0.29, 0.717) is 27.4 Å². The van der Waals surface area contributed by atoms with Crippen molar-refractivity contribution < 1.29 is 9.53 Å². The van der Waals surface area contributed by atoms with Crippen molar-refractivity contribution in [3.8, 4) is 5.75 Å². The summed E-state index contributed by atoms with van der Waals surface area (Å²) < 4.78 is 5.34. The van der Waals surface area contributed by atoms with Crippen LogP contribution < -0.4 is 10.1 Å². The number of ether oxygens (including phenoxy) is 1. The number of benzene rings is 2. The molecule has 0 fully saturated rings. The summed E-state index contributed by atoms with van der Waals surface area (Å²) in [6, 6.07) is 12.1. The van der Waals surface area contributed by atoms with E-state index in [2.05, 4.69) is 5.32 Å². The Morgan fingerprint density at radius 3 is 2.52 bits per heavy atom. The molecule has 0 unspecified atom stereocenters. The lowest BCUT2D eigenvalue weighted by atomic mass is 10.2. The zero-order chi connectivity index (χ0) is 15.2. The summed E-state index contributed by atoms with van der Waals surface area (Å²) in [6.07, 6.45) is 0. The molecule has 0 saturated heterocycles. The van der Waals surface area contributed by atoms with E-state index in [4.69, 9.17) is 39.5 Å². The van der Waals surface area contributed by atoms with Gasteiger partial charge in [0.2, 0.25) is 0 Å². The zero-order valence-electron chi connectivity index (χ0n) is 10.9. The molecule has 0 aliphatic heterocycles. The minimum absolute atomic E-state index is 0.123. The number of carbonyl (C=O) groups excluding carboxylic acids is 1. The first-order valence-corrected chi connectivity index (χ1v) is 7.27. The average molecular weight is 345 g/mol. The predicted octanol–water partition coefficient (Wildman–Crippen LogP) is 4.34. The van der Waals surface area contributed by atoms with Crippen molar-refractivity contribution in [3.05, 3.63) is 63.1 Å². The molecule has 2 aromatic rings. The Bertz CT molecular complexity index is 647. The van der Waals surface area contributed by atoms with Crippen LogP contribution in [-0.4, -0.2) is 12.5 Å². The molecule has 0 atom stereocenters. The molecule has 2 rings (SSSR count). The topological polar surface area (TPSA) is 38.3 Å². The van der Waals surface area contributed by atoms with Gasteiger partial charge in [-0.1, -0.05) is 46.9 Å². The van der Waals surface area contributed by atoms with Crippen molar-refractivity contribution in [2.75, 3.05) is 6.61 Å². The molecule has 21 heavy (non-hydrogen) atoms. The Morgan fingerprint density at radius 2 is 1.81 bits per heavy atom. The highest BCUT2D eigenvalue weighted by atomic mass is 35.5. The van der Waals surface area contributed by atoms with Gasteiger partial charge in [-0.15, -0.1) is 0 Å². The Hall–Kier alpha value is -1.42. The van der Waals surface area contributed by atoms with Crippen molar-refractivity contribution in [2.45, 2.75) is 6.54 Å². The molecular formula is C15H12Cl3NO2. The van der Waals surface area contributed by atoms with Crippen LogP contribution in [0.2, 0.25) is 15.1 Å². The van der Waals surface area contributed by atoms with Crippen LogP contribution >= 0.6 is 34.8 Å². The summed E-state index contributed by atoms with van der Waals surface area (Å²) >= 11 is 17.6. The SMILES string of the molecule is O=C(COc1ccc(Cl)cc1Cl)NCc1cccc(Cl)c1. The highest BCUT2D eigenvalue weighted by molar-refractivity contribution is 6.35. The van der Waals surface area contributed by atoms with Gasteiger partial charge in [0, 0.05) is 16.6 Å². The molecule has 1 N–H and O–H groups in total. The van der Waals surface area contributed by atoms with Gasteiger partial charge in [0.15, 0.2) is 6.61 Å². The summed E-state index contributed by atoms with van der Waals surface area (Å²) in [5.41, 5.74) is 0.917. The van der Waals surface area contributed by atoms with Crippen molar-refractivity contribution in [1.29, 1.82) is 0 Å². The van der Waals surface area contributed by atoms with Gasteiger partial charge in [0.05, 0.1) is 5.02 Å². The first-order valence-electron chi connectivity index (χ1n) is 6.13. The lowest BCUT2D eigenvalue weighted by Crippen LogP contribution is -2.28. The smallest absolute Gasteiger partial charge is 0.258 e. The second-order valence-corrected chi connectivity index (χ2v) is 5.55. The number of carbonyl (C=O) groups is 1. The molecule has 1 amide bonds. The van der Waals surface area contributed by atoms with Gasteiger partial charge in [-0.2, -0.15) is 0 Å². The summed E-state index contributed by atoms with van der Waals surface area (Å²) in [7, 11) is 0. The van der Waals surface area contributed by atoms with E-state index in [9.17, 15) is 4.79 Å². The Balaban J connectivity index is 1.82. The van der Waals surface area contributed by atoms with Gasteiger partial charge in [-0.25, -0.2) is 0 Å². The van der Waals surface area contributed by atoms with Crippen molar-refractivity contribution in [3.63, 3.8) is 0 Å². The minimum atomic E-state index is -0.249. The monoisotopic (exact) mass is 343 g/mol. The number of nitrogens with one attached hydrogen (secondary N) is 1. The first kappa shape index (κ1) is 16.0. The van der Waals surface area contributed by atoms with Gasteiger partial charge in [0.1, 0.15) is 5.75 Å². The number of rotatable bonds is 5. The number of hydrogen-bond acceptors (Lipinski definition) is 2. The Labute approximate surface area is 137 Å². The molecule has 2 aromatic carbocycles. The van der Waals surface area contributed by atoms with E-state index < -0.39 is 0 Å². The quantitative estimate of drug-likeness (QED) is 0.876. The summed E-state index contributed by atoms with van der Waals surface area (Å²) in [5, 5.41) is 4.24. The fraction of sp³-hybridized carbons (Fsp3) is 0.133. The third kappa shape index (κ3) is 5.12. The third-order valence-electron chi connectivity index (χ3n) is 2.63. The van der Waals surface area contributed by atoms with E-state index in [1.54, 1.807) is 30.3 Å². The van der Waals surface area contributed by atoms with Crippen LogP contribution in [0.1, 0.15) is 5.56 Å². The molecule has 0 spiro atoms. The van der Waals surface area contributed by atoms with Crippen LogP contribution in [0.5, 0.6) is 5.75 Å². The van der Waals surface area contributed by atoms with Crippen LogP contribution in [0.25, 0.3) is 0 Å². The van der Waals surface area contributed by atoms with E-state index in [0.717, 1.165) is 5.56 Å². The van der Waals surface area contributed by atoms with E-state index in [-0.39, 0.29) is 12.5 Å². The van der Waals surface area contributed by atoms with Gasteiger partial charge < -0.3 is 10.1 Å². The van der Waals surface area contributed by atoms with Crippen molar-refractivity contribution in [1.82, 2.24) is 5.32 Å². The Kier molecular flexibility index (Phi) is 5.74. The van der Waals surface area contributed by atoms with Gasteiger partial charge in [-0.05, 0) is 35.9 Å². The van der Waals surface area contributed by atoms with Crippen LogP contribution in [0, 0.1) is 0 Å². The molecule has 3 nitrogen and oxygen atoms in total. The van der Waals surface area contributed by atoms with E-state index in [1.807, 2.05) is 12.1 Å². The van der Waals surface area contributed by atoms with Crippen molar-refractivity contribution in [2.24, 2.45) is 0 Å². The Morgan fingerprint density at radius 1 is 1.05 bits per heavy atom. The van der Waals surface area contributed by atoms with Crippen LogP contribution in [0.4, 0.5) is 0 Å². The fourth-order valence-electron chi connectivity index (χ4n) is 1.63. The van der Waals surface area contributed by atoms with E-state index in [1.165, 1.54) is 0 Å². The highest BCUT2D eigenvalue weighted by Crippen LogP contribution is 2.27. The second kappa shape index (κ2) is 7.55. The minimum Gasteiger partial charge on any atom is -0.482 e. The molecule has 6 heteroatoms. The lowest BCUT2D eigenvalue weighted by molar-refractivity contribution is -0.123. The molecule has 0 saturated carbocycles. The van der Waals surface area contributed by atoms with Gasteiger partial charge in [0.25, 0.3) is 5.91 Å². The maximum Gasteiger partial charge on any atom is 0.258 e. The second-order valence-electron chi connectivity index (χ2n) is 4.27. The third-order valence-corrected chi connectivity index (χ3v) is 3.40. The molecule has 0 aromatic heterocycles. The van der Waals surface area contributed by atoms with Crippen LogP contribution in [0.15, 0.2) is 42.5 Å². The molecule has 0 aliphatic carbocycles. The maximum atomic E-state index is 11.7. The normalized spacial score (nSPS) is 10.2. The number of halogens is 3. The molecule has 0 bridgehead atoms. The van der Waals surface area contributed by atoms with E-state index >= 15 is 0 Å². The number of amides is 1. The largest absolute Gasteiger partial charge is 0.482 e. The summed E-state index contributed by atoms with van der Waals surface area (Å²) in [4.78, 5) is 11.7. The molecular weight excluding hydrogens is 333 g/mol. The van der Waals surface area contributed by atoms with Crippen LogP contribution in [-0.2, 0) is 11.3 Å². The van der Waals surface area contributed by atoms with Crippen LogP contribution in [0.3, 0.4) is 0 Å². The zero-order valence-corrected chi connectivity index (χ0v) is 13.2. The molecule has 0 aliphatic rings. The molecule has 0 heterocycles. The average Bonchev–Trinajstić information content (AvgIpc) is 2.44. The first-order chi connectivity index (χ1) is 10.0. The maximum absolute atomic E-state index is 11.7. The van der Waals surface area contributed by atoms with Gasteiger partial charge in [-0.3, -0.25) is 4.79 Å². The predicted molar refractivity (Wildman–Crippen MR) is 85.3 cm³/mol. The molecule has 0 radical (unpaired) electrons. The highest BCUT2D eigenvalue weighted by Gasteiger charge is 2.06. The molecule has 110 valence electrons. The van der Waals surface area contributed by atoms with Crippen molar-refractivity contribution >= 4 is 40.7 Å².